The van der Waals surface area contributed by atoms with E-state index in [0.717, 1.165) is 16.7 Å². The molecule has 0 spiro atoms. The number of Topliss-reactive ketones (excluding diaryl/α,β-unsaturated/α-hetero) is 2. The van der Waals surface area contributed by atoms with Gasteiger partial charge in [-0.2, -0.15) is 0 Å². The molecule has 2 aliphatic carbocycles. The highest BCUT2D eigenvalue weighted by atomic mass is 16.7. The Kier molecular flexibility index (Phi) is 18.5. The fraction of sp³-hybridized carbons (Fsp3) is 0.691. The molecule has 0 radical (unpaired) electrons. The van der Waals surface area contributed by atoms with Crippen molar-refractivity contribution in [1.82, 2.24) is 4.90 Å². The van der Waals surface area contributed by atoms with E-state index in [4.69, 9.17) is 28.4 Å². The van der Waals surface area contributed by atoms with E-state index in [-0.39, 0.29) is 67.8 Å². The zero-order valence-electron chi connectivity index (χ0n) is 42.6. The van der Waals surface area contributed by atoms with E-state index >= 15 is 0 Å². The van der Waals surface area contributed by atoms with E-state index < -0.39 is 83.2 Å². The largest absolute Gasteiger partial charge is 0.469 e. The normalized spacial score (nSPS) is 38.6. The Hall–Kier alpha value is -4.05. The lowest BCUT2D eigenvalue weighted by Crippen LogP contribution is -2.64. The maximum Gasteiger partial charge on any atom is 0.329 e. The molecular formula is C55H79NO13. The summed E-state index contributed by atoms with van der Waals surface area (Å²) in [4.78, 5) is 72.0. The second-order valence-corrected chi connectivity index (χ2v) is 21.0. The Labute approximate surface area is 409 Å². The van der Waals surface area contributed by atoms with E-state index in [1.807, 2.05) is 39.0 Å². The van der Waals surface area contributed by atoms with Gasteiger partial charge in [-0.1, -0.05) is 81.8 Å². The maximum atomic E-state index is 14.9. The molecule has 1 amide bonds. The van der Waals surface area contributed by atoms with Crippen molar-refractivity contribution in [3.63, 3.8) is 0 Å². The molecule has 3 aliphatic heterocycles. The van der Waals surface area contributed by atoms with Crippen LogP contribution in [-0.4, -0.2) is 128 Å². The molecule has 5 aliphatic rings. The zero-order chi connectivity index (χ0) is 50.4. The second kappa shape index (κ2) is 23.5. The second-order valence-electron chi connectivity index (χ2n) is 21.0. The van der Waals surface area contributed by atoms with Crippen LogP contribution in [0.2, 0.25) is 0 Å². The van der Waals surface area contributed by atoms with Gasteiger partial charge >= 0.3 is 11.9 Å². The summed E-state index contributed by atoms with van der Waals surface area (Å²) in [6.07, 6.45) is 8.62. The van der Waals surface area contributed by atoms with Crippen molar-refractivity contribution in [2.45, 2.75) is 173 Å². The van der Waals surface area contributed by atoms with Crippen LogP contribution < -0.4 is 0 Å². The number of nitrogens with zero attached hydrogens (tertiary/aromatic N) is 1. The van der Waals surface area contributed by atoms with E-state index in [2.05, 4.69) is 37.3 Å². The molecule has 3 heterocycles. The summed E-state index contributed by atoms with van der Waals surface area (Å²) in [6, 6.07) is 7.02. The van der Waals surface area contributed by atoms with Gasteiger partial charge in [-0.25, -0.2) is 4.79 Å². The van der Waals surface area contributed by atoms with Crippen LogP contribution in [0.15, 0.2) is 53.6 Å². The first-order chi connectivity index (χ1) is 32.8. The highest BCUT2D eigenvalue weighted by Crippen LogP contribution is 2.55. The minimum absolute atomic E-state index is 0.00997. The Morgan fingerprint density at radius 1 is 0.942 bits per heavy atom. The highest BCUT2D eigenvalue weighted by molar-refractivity contribution is 6.39. The van der Waals surface area contributed by atoms with Crippen molar-refractivity contribution in [2.75, 3.05) is 35.0 Å². The van der Waals surface area contributed by atoms with Gasteiger partial charge in [0.2, 0.25) is 5.79 Å². The fourth-order valence-electron chi connectivity index (χ4n) is 12.3. The number of aliphatic hydroxyl groups is 2. The summed E-state index contributed by atoms with van der Waals surface area (Å²) < 4.78 is 36.0. The predicted octanol–water partition coefficient (Wildman–Crippen LogP) is 7.47. The van der Waals surface area contributed by atoms with Gasteiger partial charge in [0, 0.05) is 63.4 Å². The maximum absolute atomic E-state index is 14.9. The SMILES string of the molecule is CCC1/C=C(\C)CC(C)CC(OC)C2OC(O)(C(=O)C(=O)N3CCCCC3C(=O)OC(C(C)=CC3(C4C=Cc5ccccc54)CCC(CC(=O)OC)C(OC)C3)C(C)C(O)CC1=O)C(C)CC2OC. The average Bonchev–Trinajstić information content (AvgIpc) is 3.79. The first kappa shape index (κ1) is 54.3. The van der Waals surface area contributed by atoms with Crippen molar-refractivity contribution in [1.29, 1.82) is 0 Å². The number of rotatable bonds is 9. The van der Waals surface area contributed by atoms with Crippen LogP contribution >= 0.6 is 0 Å². The first-order valence-electron chi connectivity index (χ1n) is 25.3. The summed E-state index contributed by atoms with van der Waals surface area (Å²) in [5, 5.41) is 24.4. The Bertz CT molecular complexity index is 2100. The van der Waals surface area contributed by atoms with Crippen molar-refractivity contribution >= 4 is 35.5 Å². The van der Waals surface area contributed by atoms with E-state index in [0.29, 0.717) is 56.9 Å². The molecule has 14 nitrogen and oxygen atoms in total. The number of benzene rings is 1. The molecule has 14 heteroatoms. The number of allylic oxidation sites excluding steroid dienone is 4. The molecule has 0 aromatic heterocycles. The molecule has 1 aromatic carbocycles. The molecule has 2 bridgehead atoms. The summed E-state index contributed by atoms with van der Waals surface area (Å²) in [6.45, 7) is 11.3. The molecule has 1 aromatic rings. The number of hydrogen-bond donors (Lipinski definition) is 2. The van der Waals surface area contributed by atoms with Crippen molar-refractivity contribution in [3.05, 3.63) is 64.8 Å². The number of ketones is 2. The van der Waals surface area contributed by atoms with Gasteiger partial charge < -0.3 is 43.5 Å². The van der Waals surface area contributed by atoms with Crippen LogP contribution in [0.1, 0.15) is 136 Å². The summed E-state index contributed by atoms with van der Waals surface area (Å²) in [5.74, 6) is -8.29. The first-order valence-corrected chi connectivity index (χ1v) is 25.3. The van der Waals surface area contributed by atoms with Crippen molar-refractivity contribution < 1.29 is 62.6 Å². The van der Waals surface area contributed by atoms with Crippen LogP contribution in [0, 0.1) is 35.0 Å². The van der Waals surface area contributed by atoms with Crippen LogP contribution in [-0.2, 0) is 52.4 Å². The third kappa shape index (κ3) is 11.8. The van der Waals surface area contributed by atoms with Gasteiger partial charge in [0.25, 0.3) is 11.7 Å². The number of esters is 2. The number of carbonyl (C=O) groups excluding carboxylic acids is 5. The molecule has 2 saturated heterocycles. The third-order valence-electron chi connectivity index (χ3n) is 16.3. The lowest BCUT2D eigenvalue weighted by Gasteiger charge is -2.47. The molecule has 1 saturated carbocycles. The monoisotopic (exact) mass is 962 g/mol. The number of carbonyl (C=O) groups is 5. The van der Waals surface area contributed by atoms with Gasteiger partial charge in [0.05, 0.1) is 37.9 Å². The average molecular weight is 962 g/mol. The molecule has 2 N–H and O–H groups in total. The molecule has 3 fully saturated rings. The molecule has 382 valence electrons. The summed E-state index contributed by atoms with van der Waals surface area (Å²) in [5.41, 5.74) is 3.25. The quantitative estimate of drug-likeness (QED) is 0.141. The number of fused-ring (bicyclic) bond motifs is 4. The molecule has 15 atom stereocenters. The third-order valence-corrected chi connectivity index (χ3v) is 16.3. The summed E-state index contributed by atoms with van der Waals surface area (Å²) in [7, 11) is 6.11. The van der Waals surface area contributed by atoms with Crippen LogP contribution in [0.3, 0.4) is 0 Å². The smallest absolute Gasteiger partial charge is 0.329 e. The van der Waals surface area contributed by atoms with E-state index in [9.17, 15) is 34.2 Å². The Morgan fingerprint density at radius 3 is 2.32 bits per heavy atom. The standard InChI is InChI=1S/C55H79NO13/c1-11-37-25-32(2)24-33(3)26-45(64-7)50-46(65-8)27-35(5)55(63,69-50)51(60)52(61)56-23-15-14-18-42(56)53(62)68-49(36(6)43(57)29-44(37)58)34(4)30-54(41-20-19-38-16-12-13-17-40(38)41)22-21-39(28-48(59)67-10)47(31-54)66-9/h12-13,16-17,19-20,25,30,33,35-37,39,41-43,45-47,49-50,57,63H,11,14-15,18,21-24,26-29,31H2,1-10H3/b32-25+,34-30?. The van der Waals surface area contributed by atoms with Gasteiger partial charge in [0.1, 0.15) is 24.0 Å². The number of amides is 1. The number of aliphatic hydroxyl groups excluding tert-OH is 1. The number of piperidine rings is 1. The van der Waals surface area contributed by atoms with Crippen molar-refractivity contribution in [3.8, 4) is 0 Å². The highest BCUT2D eigenvalue weighted by Gasteiger charge is 2.57. The lowest BCUT2D eigenvalue weighted by atomic mass is 9.60. The number of methoxy groups -OCH3 is 4. The number of ether oxygens (including phenoxy) is 6. The molecular weight excluding hydrogens is 883 g/mol. The Balaban J connectivity index is 1.44. The Morgan fingerprint density at radius 2 is 1.64 bits per heavy atom. The van der Waals surface area contributed by atoms with Gasteiger partial charge in [0.15, 0.2) is 0 Å². The predicted molar refractivity (Wildman–Crippen MR) is 259 cm³/mol. The van der Waals surface area contributed by atoms with Gasteiger partial charge in [-0.05, 0) is 107 Å². The van der Waals surface area contributed by atoms with Crippen molar-refractivity contribution in [2.24, 2.45) is 35.0 Å². The summed E-state index contributed by atoms with van der Waals surface area (Å²) >= 11 is 0. The van der Waals surface area contributed by atoms with E-state index in [1.54, 1.807) is 21.0 Å². The lowest BCUT2D eigenvalue weighted by molar-refractivity contribution is -0.302. The van der Waals surface area contributed by atoms with E-state index in [1.165, 1.54) is 26.2 Å². The van der Waals surface area contributed by atoms with Crippen LogP contribution in [0.25, 0.3) is 6.08 Å². The van der Waals surface area contributed by atoms with Gasteiger partial charge in [-0.3, -0.25) is 19.2 Å². The minimum Gasteiger partial charge on any atom is -0.469 e. The van der Waals surface area contributed by atoms with Crippen LogP contribution in [0.5, 0.6) is 0 Å². The fourth-order valence-corrected chi connectivity index (χ4v) is 12.3. The van der Waals surface area contributed by atoms with Crippen LogP contribution in [0.4, 0.5) is 0 Å². The zero-order valence-corrected chi connectivity index (χ0v) is 42.6. The molecule has 15 unspecified atom stereocenters. The minimum atomic E-state index is -2.54. The molecule has 6 rings (SSSR count). The van der Waals surface area contributed by atoms with Gasteiger partial charge in [-0.15, -0.1) is 0 Å². The number of cyclic esters (lactones) is 1. The molecule has 69 heavy (non-hydrogen) atoms. The topological polar surface area (TPSA) is 184 Å². The number of hydrogen-bond acceptors (Lipinski definition) is 13.